The topological polar surface area (TPSA) is 56.1 Å². The van der Waals surface area contributed by atoms with E-state index in [1.54, 1.807) is 0 Å². The number of rotatable bonds is 3. The molecule has 276 valence electrons. The van der Waals surface area contributed by atoms with Crippen molar-refractivity contribution in [1.82, 2.24) is 13.7 Å². The van der Waals surface area contributed by atoms with Gasteiger partial charge >= 0.3 is 0 Å². The lowest BCUT2D eigenvalue weighted by Crippen LogP contribution is -2.02. The first-order chi connectivity index (χ1) is 29.7. The Kier molecular flexibility index (Phi) is 6.48. The maximum Gasteiger partial charge on any atom is 0.212 e. The van der Waals surface area contributed by atoms with Crippen molar-refractivity contribution in [3.05, 3.63) is 193 Å². The first-order valence-corrected chi connectivity index (χ1v) is 19.9. The molecule has 0 atom stereocenters. The molecule has 0 aliphatic carbocycles. The number of furan rings is 1. The molecular formula is C54H29N5O. The predicted molar refractivity (Wildman–Crippen MR) is 245 cm³/mol. The van der Waals surface area contributed by atoms with Crippen LogP contribution in [-0.2, 0) is 0 Å². The van der Waals surface area contributed by atoms with E-state index >= 15 is 0 Å². The van der Waals surface area contributed by atoms with E-state index in [4.69, 9.17) is 11.0 Å². The third-order valence-corrected chi connectivity index (χ3v) is 12.5. The Hall–Kier alpha value is -8.58. The number of hydrogen-bond donors (Lipinski definition) is 0. The summed E-state index contributed by atoms with van der Waals surface area (Å²) in [4.78, 5) is 4.19. The van der Waals surface area contributed by atoms with Crippen LogP contribution in [0.5, 0.6) is 0 Å². The van der Waals surface area contributed by atoms with Gasteiger partial charge in [0.25, 0.3) is 0 Å². The number of benzene rings is 9. The van der Waals surface area contributed by atoms with E-state index in [9.17, 15) is 5.26 Å². The fourth-order valence-electron chi connectivity index (χ4n) is 9.97. The quantitative estimate of drug-likeness (QED) is 0.168. The highest BCUT2D eigenvalue weighted by atomic mass is 16.3. The normalized spacial score (nSPS) is 12.0. The number of hydrogen-bond acceptors (Lipinski definition) is 2. The predicted octanol–water partition coefficient (Wildman–Crippen LogP) is 14.5. The van der Waals surface area contributed by atoms with Gasteiger partial charge in [0.15, 0.2) is 5.58 Å². The maximum absolute atomic E-state index is 11.1. The number of nitrogens with zero attached hydrogens (tertiary/aromatic N) is 5. The van der Waals surface area contributed by atoms with Gasteiger partial charge in [0.1, 0.15) is 11.7 Å². The van der Waals surface area contributed by atoms with Crippen molar-refractivity contribution in [1.29, 1.82) is 5.26 Å². The summed E-state index contributed by atoms with van der Waals surface area (Å²) in [6.45, 7) is 8.65. The number of aromatic nitrogens is 3. The third kappa shape index (κ3) is 4.23. The Labute approximate surface area is 342 Å². The van der Waals surface area contributed by atoms with Crippen LogP contribution in [0.1, 0.15) is 5.56 Å². The van der Waals surface area contributed by atoms with Crippen LogP contribution in [0, 0.1) is 17.9 Å². The van der Waals surface area contributed by atoms with Gasteiger partial charge in [0, 0.05) is 48.8 Å². The second kappa shape index (κ2) is 12.0. The van der Waals surface area contributed by atoms with Crippen molar-refractivity contribution >= 4 is 104 Å². The summed E-state index contributed by atoms with van der Waals surface area (Å²) in [5.41, 5.74) is 10.7. The van der Waals surface area contributed by atoms with E-state index in [0.29, 0.717) is 22.6 Å². The average Bonchev–Trinajstić information content (AvgIpc) is 4.05. The summed E-state index contributed by atoms with van der Waals surface area (Å²) in [6, 6.07) is 63.4. The van der Waals surface area contributed by atoms with Crippen LogP contribution < -0.4 is 0 Å². The van der Waals surface area contributed by atoms with Crippen LogP contribution in [0.25, 0.3) is 120 Å². The first kappa shape index (κ1) is 32.5. The van der Waals surface area contributed by atoms with Gasteiger partial charge in [0.2, 0.25) is 5.69 Å². The lowest BCUT2D eigenvalue weighted by Gasteiger charge is -2.16. The minimum absolute atomic E-state index is 0.438. The molecule has 0 spiro atoms. The van der Waals surface area contributed by atoms with Gasteiger partial charge in [-0.2, -0.15) is 5.26 Å². The number of para-hydroxylation sites is 4. The number of fused-ring (bicyclic) bond motifs is 15. The Bertz CT molecular complexity index is 4050. The smallest absolute Gasteiger partial charge is 0.212 e. The van der Waals surface area contributed by atoms with Gasteiger partial charge in [-0.3, -0.25) is 0 Å². The van der Waals surface area contributed by atoms with Gasteiger partial charge in [-0.15, -0.1) is 0 Å². The Balaban J connectivity index is 1.13. The standard InChI is InChI=1S/C54H29N5O/c1-56-43-30-49(33(31-55)28-50(43)58-46-20-10-6-17-41(46)52-35-13-3-2-12-32(35)22-26-48(52)58)59-47-27-23-34(57-44-18-8-4-14-36(44)37-15-5-9-19-45(37)57)29-42(47)39-24-25-40-38-16-7-11-21-51(38)60-54(40)53(39)59/h2-30H. The molecule has 0 saturated heterocycles. The fraction of sp³-hybridized carbons (Fsp3) is 0. The van der Waals surface area contributed by atoms with E-state index in [2.05, 4.69) is 164 Å². The highest BCUT2D eigenvalue weighted by Gasteiger charge is 2.25. The zero-order valence-electron chi connectivity index (χ0n) is 31.9. The lowest BCUT2D eigenvalue weighted by atomic mass is 10.0. The molecule has 9 aromatic carbocycles. The van der Waals surface area contributed by atoms with Crippen molar-refractivity contribution in [2.75, 3.05) is 0 Å². The minimum Gasteiger partial charge on any atom is -0.454 e. The summed E-state index contributed by atoms with van der Waals surface area (Å²) in [6.07, 6.45) is 0. The van der Waals surface area contributed by atoms with Crippen molar-refractivity contribution in [2.24, 2.45) is 0 Å². The lowest BCUT2D eigenvalue weighted by molar-refractivity contribution is 0.671. The molecular weight excluding hydrogens is 735 g/mol. The molecule has 0 aliphatic heterocycles. The van der Waals surface area contributed by atoms with Crippen molar-refractivity contribution < 1.29 is 4.42 Å². The second-order valence-corrected chi connectivity index (χ2v) is 15.5. The maximum atomic E-state index is 11.1. The fourth-order valence-corrected chi connectivity index (χ4v) is 9.97. The van der Waals surface area contributed by atoms with Gasteiger partial charge < -0.3 is 18.1 Å². The minimum atomic E-state index is 0.438. The van der Waals surface area contributed by atoms with Gasteiger partial charge in [-0.1, -0.05) is 109 Å². The molecule has 0 saturated carbocycles. The molecule has 0 bridgehead atoms. The highest BCUT2D eigenvalue weighted by molar-refractivity contribution is 6.23. The van der Waals surface area contributed by atoms with Crippen LogP contribution in [0.4, 0.5) is 5.69 Å². The Morgan fingerprint density at radius 1 is 0.467 bits per heavy atom. The molecule has 13 aromatic rings. The Morgan fingerprint density at radius 3 is 1.83 bits per heavy atom. The van der Waals surface area contributed by atoms with E-state index in [1.807, 2.05) is 36.4 Å². The molecule has 6 nitrogen and oxygen atoms in total. The summed E-state index contributed by atoms with van der Waals surface area (Å²) >= 11 is 0. The van der Waals surface area contributed by atoms with Gasteiger partial charge in [0.05, 0.1) is 56.6 Å². The first-order valence-electron chi connectivity index (χ1n) is 19.9. The molecule has 0 N–H and O–H groups in total. The molecule has 0 unspecified atom stereocenters. The highest BCUT2D eigenvalue weighted by Crippen LogP contribution is 2.45. The summed E-state index contributed by atoms with van der Waals surface area (Å²) in [7, 11) is 0. The second-order valence-electron chi connectivity index (χ2n) is 15.5. The summed E-state index contributed by atoms with van der Waals surface area (Å²) < 4.78 is 13.4. The SMILES string of the molecule is [C-]#[N+]c1cc(-n2c3ccc(-n4c5ccccc5c5ccccc54)cc3c3ccc4c5ccccc5oc4c32)c(C#N)cc1-n1c2ccccc2c2c3ccccc3ccc21. The van der Waals surface area contributed by atoms with Crippen LogP contribution in [0.15, 0.2) is 180 Å². The van der Waals surface area contributed by atoms with Gasteiger partial charge in [-0.05, 0) is 77.5 Å². The van der Waals surface area contributed by atoms with Crippen LogP contribution in [0.3, 0.4) is 0 Å². The Morgan fingerprint density at radius 2 is 1.08 bits per heavy atom. The monoisotopic (exact) mass is 763 g/mol. The largest absolute Gasteiger partial charge is 0.454 e. The van der Waals surface area contributed by atoms with Crippen molar-refractivity contribution in [3.63, 3.8) is 0 Å². The molecule has 6 heteroatoms. The molecule has 0 fully saturated rings. The molecule has 4 aromatic heterocycles. The molecule has 0 aliphatic rings. The number of nitriles is 1. The van der Waals surface area contributed by atoms with E-state index in [1.165, 1.54) is 10.8 Å². The van der Waals surface area contributed by atoms with E-state index < -0.39 is 0 Å². The zero-order valence-corrected chi connectivity index (χ0v) is 31.9. The summed E-state index contributed by atoms with van der Waals surface area (Å²) in [5, 5.41) is 22.1. The molecule has 4 heterocycles. The van der Waals surface area contributed by atoms with Crippen LogP contribution >= 0.6 is 0 Å². The van der Waals surface area contributed by atoms with Gasteiger partial charge in [-0.25, -0.2) is 4.85 Å². The van der Waals surface area contributed by atoms with E-state index in [-0.39, 0.29) is 0 Å². The summed E-state index contributed by atoms with van der Waals surface area (Å²) in [5.74, 6) is 0. The van der Waals surface area contributed by atoms with Crippen LogP contribution in [-0.4, -0.2) is 13.7 Å². The zero-order chi connectivity index (χ0) is 39.6. The molecule has 13 rings (SSSR count). The molecule has 0 amide bonds. The van der Waals surface area contributed by atoms with Crippen LogP contribution in [0.2, 0.25) is 0 Å². The molecule has 60 heavy (non-hydrogen) atoms. The third-order valence-electron chi connectivity index (χ3n) is 12.5. The van der Waals surface area contributed by atoms with Crippen molar-refractivity contribution in [2.45, 2.75) is 0 Å². The molecule has 0 radical (unpaired) electrons. The van der Waals surface area contributed by atoms with Crippen molar-refractivity contribution in [3.8, 4) is 23.1 Å². The van der Waals surface area contributed by atoms with E-state index in [0.717, 1.165) is 93.0 Å². The average molecular weight is 764 g/mol.